The first-order valence-corrected chi connectivity index (χ1v) is 9.05. The number of anilines is 1. The van der Waals surface area contributed by atoms with E-state index in [2.05, 4.69) is 0 Å². The monoisotopic (exact) mass is 394 g/mol. The van der Waals surface area contributed by atoms with Crippen molar-refractivity contribution in [1.82, 2.24) is 0 Å². The van der Waals surface area contributed by atoms with Gasteiger partial charge in [-0.05, 0) is 42.5 Å². The van der Waals surface area contributed by atoms with E-state index in [1.807, 2.05) is 30.3 Å². The van der Waals surface area contributed by atoms with Crippen LogP contribution in [0.3, 0.4) is 0 Å². The topological polar surface area (TPSA) is 48.0 Å². The number of ether oxygens (including phenoxy) is 3. The van der Waals surface area contributed by atoms with Crippen molar-refractivity contribution < 1.29 is 23.4 Å². The van der Waals surface area contributed by atoms with Gasteiger partial charge in [-0.3, -0.25) is 4.79 Å². The third-order valence-corrected chi connectivity index (χ3v) is 4.36. The molecule has 3 aromatic rings. The Morgan fingerprint density at radius 1 is 0.862 bits per heavy atom. The summed E-state index contributed by atoms with van der Waals surface area (Å²) in [5.74, 6) is 1.57. The van der Waals surface area contributed by atoms with Gasteiger partial charge in [0.1, 0.15) is 17.2 Å². The maximum absolute atomic E-state index is 13.4. The fraction of sp³-hybridized carbons (Fsp3) is 0.174. The molecule has 0 saturated carbocycles. The molecule has 0 atom stereocenters. The summed E-state index contributed by atoms with van der Waals surface area (Å²) in [7, 11) is 3.10. The number of carbonyl (C=O) groups is 1. The van der Waals surface area contributed by atoms with Gasteiger partial charge >= 0.3 is 0 Å². The van der Waals surface area contributed by atoms with Crippen LogP contribution in [-0.2, 0) is 11.3 Å². The van der Waals surface area contributed by atoms with Crippen LogP contribution in [-0.4, -0.2) is 26.8 Å². The standard InChI is InChI=1S/C23H22FNO4/c1-27-19-12-13-21(28-2)17(14-19)16-25(23(26)15-24)20-10-6-7-11-22(20)29-18-8-4-3-5-9-18/h3-14H,15-16H2,1-2H3/i2-1. The SMILES string of the molecule is COc1ccc(O[11CH3])c(CN(C(=O)CF)c2ccccc2Oc2ccccc2)c1. The third-order valence-electron chi connectivity index (χ3n) is 4.36. The average Bonchev–Trinajstić information content (AvgIpc) is 2.78. The number of hydrogen-bond acceptors (Lipinski definition) is 4. The van der Waals surface area contributed by atoms with Crippen molar-refractivity contribution in [1.29, 1.82) is 0 Å². The van der Waals surface area contributed by atoms with Crippen molar-refractivity contribution >= 4 is 11.6 Å². The number of hydrogen-bond donors (Lipinski definition) is 0. The summed E-state index contributed by atoms with van der Waals surface area (Å²) in [5, 5.41) is 0. The number of para-hydroxylation sites is 3. The Hall–Kier alpha value is -3.54. The highest BCUT2D eigenvalue weighted by Gasteiger charge is 2.22. The normalized spacial score (nSPS) is 10.3. The molecular weight excluding hydrogens is 372 g/mol. The second-order valence-corrected chi connectivity index (χ2v) is 6.17. The summed E-state index contributed by atoms with van der Waals surface area (Å²) < 4.78 is 30.1. The maximum Gasteiger partial charge on any atom is 0.258 e. The number of amides is 1. The molecule has 0 bridgehead atoms. The second kappa shape index (κ2) is 9.59. The first-order valence-electron chi connectivity index (χ1n) is 9.05. The second-order valence-electron chi connectivity index (χ2n) is 6.17. The largest absolute Gasteiger partial charge is 0.497 e. The van der Waals surface area contributed by atoms with Crippen LogP contribution in [0.25, 0.3) is 0 Å². The minimum Gasteiger partial charge on any atom is -0.497 e. The van der Waals surface area contributed by atoms with Crippen LogP contribution in [0.2, 0.25) is 0 Å². The van der Waals surface area contributed by atoms with Crippen LogP contribution >= 0.6 is 0 Å². The molecule has 0 saturated heterocycles. The summed E-state index contributed by atoms with van der Waals surface area (Å²) in [6.45, 7) is -1.04. The lowest BCUT2D eigenvalue weighted by atomic mass is 10.1. The molecule has 5 nitrogen and oxygen atoms in total. The lowest BCUT2D eigenvalue weighted by molar-refractivity contribution is -0.119. The first kappa shape index (κ1) is 20.2. The Morgan fingerprint density at radius 3 is 2.28 bits per heavy atom. The number of methoxy groups -OCH3 is 2. The first-order chi connectivity index (χ1) is 14.2. The summed E-state index contributed by atoms with van der Waals surface area (Å²) >= 11 is 0. The quantitative estimate of drug-likeness (QED) is 0.540. The van der Waals surface area contributed by atoms with Crippen LogP contribution in [0.4, 0.5) is 10.1 Å². The molecule has 0 spiro atoms. The van der Waals surface area contributed by atoms with Gasteiger partial charge in [-0.25, -0.2) is 4.39 Å². The number of rotatable bonds is 8. The van der Waals surface area contributed by atoms with Gasteiger partial charge in [0.25, 0.3) is 5.91 Å². The van der Waals surface area contributed by atoms with Gasteiger partial charge in [0, 0.05) is 5.56 Å². The summed E-state index contributed by atoms with van der Waals surface area (Å²) in [6.07, 6.45) is 0. The molecule has 0 N–H and O–H groups in total. The average molecular weight is 394 g/mol. The molecule has 0 fully saturated rings. The molecule has 150 valence electrons. The molecule has 0 aliphatic rings. The van der Waals surface area contributed by atoms with Crippen molar-refractivity contribution in [2.45, 2.75) is 6.54 Å². The van der Waals surface area contributed by atoms with Crippen LogP contribution in [0.1, 0.15) is 5.56 Å². The zero-order valence-corrected chi connectivity index (χ0v) is 16.3. The van der Waals surface area contributed by atoms with E-state index in [1.54, 1.807) is 56.7 Å². The van der Waals surface area contributed by atoms with E-state index in [0.717, 1.165) is 0 Å². The smallest absolute Gasteiger partial charge is 0.258 e. The molecule has 0 heterocycles. The van der Waals surface area contributed by atoms with Crippen molar-refractivity contribution in [3.05, 3.63) is 78.4 Å². The Labute approximate surface area is 169 Å². The van der Waals surface area contributed by atoms with Gasteiger partial charge in [-0.1, -0.05) is 30.3 Å². The Morgan fingerprint density at radius 2 is 1.59 bits per heavy atom. The molecule has 29 heavy (non-hydrogen) atoms. The van der Waals surface area contributed by atoms with E-state index in [4.69, 9.17) is 14.2 Å². The van der Waals surface area contributed by atoms with E-state index >= 15 is 0 Å². The van der Waals surface area contributed by atoms with Crippen molar-refractivity contribution in [2.75, 3.05) is 25.8 Å². The van der Waals surface area contributed by atoms with Gasteiger partial charge in [0.15, 0.2) is 12.4 Å². The van der Waals surface area contributed by atoms with Gasteiger partial charge in [-0.15, -0.1) is 0 Å². The molecule has 0 aromatic heterocycles. The zero-order valence-electron chi connectivity index (χ0n) is 16.3. The molecule has 3 rings (SSSR count). The third kappa shape index (κ3) is 4.85. The molecule has 0 radical (unpaired) electrons. The minimum atomic E-state index is -1.13. The van der Waals surface area contributed by atoms with E-state index < -0.39 is 12.6 Å². The molecule has 6 heteroatoms. The predicted octanol–water partition coefficient (Wildman–Crippen LogP) is 5.00. The van der Waals surface area contributed by atoms with Gasteiger partial charge < -0.3 is 19.1 Å². The highest BCUT2D eigenvalue weighted by molar-refractivity contribution is 5.95. The predicted molar refractivity (Wildman–Crippen MR) is 110 cm³/mol. The molecule has 0 aliphatic carbocycles. The number of benzene rings is 3. The Kier molecular flexibility index (Phi) is 6.68. The lowest BCUT2D eigenvalue weighted by Crippen LogP contribution is -2.32. The van der Waals surface area contributed by atoms with Crippen molar-refractivity contribution in [2.24, 2.45) is 0 Å². The van der Waals surface area contributed by atoms with Crippen molar-refractivity contribution in [3.63, 3.8) is 0 Å². The zero-order chi connectivity index (χ0) is 20.6. The highest BCUT2D eigenvalue weighted by Crippen LogP contribution is 2.35. The number of carbonyl (C=O) groups excluding carboxylic acids is 1. The van der Waals surface area contributed by atoms with E-state index in [1.165, 1.54) is 4.90 Å². The number of halogens is 1. The molecule has 0 aliphatic heterocycles. The van der Waals surface area contributed by atoms with Crippen LogP contribution in [0.5, 0.6) is 23.0 Å². The summed E-state index contributed by atoms with van der Waals surface area (Å²) in [5.41, 5.74) is 1.15. The minimum absolute atomic E-state index is 0.0955. The molecular formula is C23H22FNO4. The summed E-state index contributed by atoms with van der Waals surface area (Å²) in [4.78, 5) is 13.8. The fourth-order valence-electron chi connectivity index (χ4n) is 2.94. The van der Waals surface area contributed by atoms with Crippen molar-refractivity contribution in [3.8, 4) is 23.0 Å². The molecule has 0 unspecified atom stereocenters. The van der Waals surface area contributed by atoms with E-state index in [0.29, 0.717) is 34.2 Å². The molecule has 3 aromatic carbocycles. The van der Waals surface area contributed by atoms with E-state index in [-0.39, 0.29) is 6.54 Å². The number of nitrogens with zero attached hydrogens (tertiary/aromatic N) is 1. The van der Waals surface area contributed by atoms with Gasteiger partial charge in [0.2, 0.25) is 0 Å². The highest BCUT2D eigenvalue weighted by atomic mass is 19.1. The van der Waals surface area contributed by atoms with Crippen LogP contribution in [0, 0.1) is 0 Å². The van der Waals surface area contributed by atoms with E-state index in [9.17, 15) is 9.18 Å². The Balaban J connectivity index is 2.00. The lowest BCUT2D eigenvalue weighted by Gasteiger charge is -2.25. The fourth-order valence-corrected chi connectivity index (χ4v) is 2.94. The van der Waals surface area contributed by atoms with Gasteiger partial charge in [0.05, 0.1) is 26.5 Å². The molecule has 1 amide bonds. The summed E-state index contributed by atoms with van der Waals surface area (Å²) in [6, 6.07) is 21.5. The van der Waals surface area contributed by atoms with Crippen LogP contribution < -0.4 is 19.1 Å². The van der Waals surface area contributed by atoms with Crippen LogP contribution in [0.15, 0.2) is 72.8 Å². The maximum atomic E-state index is 13.4. The number of alkyl halides is 1. The van der Waals surface area contributed by atoms with Gasteiger partial charge in [-0.2, -0.15) is 0 Å². The Bertz CT molecular complexity index is 962.